The summed E-state index contributed by atoms with van der Waals surface area (Å²) in [6.45, 7) is 5.33. The van der Waals surface area contributed by atoms with E-state index in [1.54, 1.807) is 0 Å². The summed E-state index contributed by atoms with van der Waals surface area (Å²) in [7, 11) is 1.94. The normalized spacial score (nSPS) is 20.8. The predicted octanol–water partition coefficient (Wildman–Crippen LogP) is 2.21. The first-order valence-corrected chi connectivity index (χ1v) is 7.04. The Hall–Kier alpha value is -1.16. The summed E-state index contributed by atoms with van der Waals surface area (Å²) in [6.07, 6.45) is 9.06. The first-order valence-electron chi connectivity index (χ1n) is 7.04. The van der Waals surface area contributed by atoms with E-state index in [0.717, 1.165) is 37.1 Å². The standard InChI is InChI=1S/C14H24N4/c1-3-12-5-4-7-18(8-6-12)14-16-10-13(9-15-2)11-17-14/h10-12,15H,3-9H2,1-2H3. The van der Waals surface area contributed by atoms with Crippen molar-refractivity contribution >= 4 is 5.95 Å². The van der Waals surface area contributed by atoms with Crippen LogP contribution in [0.4, 0.5) is 5.95 Å². The van der Waals surface area contributed by atoms with Gasteiger partial charge in [-0.1, -0.05) is 13.3 Å². The lowest BCUT2D eigenvalue weighted by molar-refractivity contribution is 0.459. The Bertz CT molecular complexity index is 349. The van der Waals surface area contributed by atoms with Gasteiger partial charge in [-0.15, -0.1) is 0 Å². The lowest BCUT2D eigenvalue weighted by Gasteiger charge is -2.20. The van der Waals surface area contributed by atoms with Crippen molar-refractivity contribution in [2.75, 3.05) is 25.0 Å². The van der Waals surface area contributed by atoms with Crippen molar-refractivity contribution in [3.05, 3.63) is 18.0 Å². The Balaban J connectivity index is 1.98. The Kier molecular flexibility index (Phi) is 4.93. The Morgan fingerprint density at radius 3 is 2.72 bits per heavy atom. The highest BCUT2D eigenvalue weighted by atomic mass is 15.2. The van der Waals surface area contributed by atoms with Crippen LogP contribution in [-0.2, 0) is 6.54 Å². The van der Waals surface area contributed by atoms with E-state index in [9.17, 15) is 0 Å². The second-order valence-corrected chi connectivity index (χ2v) is 5.11. The molecule has 0 aromatic carbocycles. The minimum atomic E-state index is 0.832. The van der Waals surface area contributed by atoms with Crippen LogP contribution in [0.25, 0.3) is 0 Å². The molecule has 0 aliphatic carbocycles. The van der Waals surface area contributed by atoms with E-state index in [4.69, 9.17) is 0 Å². The molecule has 100 valence electrons. The fourth-order valence-corrected chi connectivity index (χ4v) is 2.58. The molecule has 18 heavy (non-hydrogen) atoms. The van der Waals surface area contributed by atoms with Gasteiger partial charge in [0.15, 0.2) is 0 Å². The third kappa shape index (κ3) is 3.42. The van der Waals surface area contributed by atoms with Crippen LogP contribution >= 0.6 is 0 Å². The van der Waals surface area contributed by atoms with Gasteiger partial charge in [0.1, 0.15) is 0 Å². The van der Waals surface area contributed by atoms with Gasteiger partial charge in [0.25, 0.3) is 0 Å². The molecule has 0 radical (unpaired) electrons. The first-order chi connectivity index (χ1) is 8.83. The van der Waals surface area contributed by atoms with Crippen LogP contribution in [0.15, 0.2) is 12.4 Å². The maximum Gasteiger partial charge on any atom is 0.225 e. The van der Waals surface area contributed by atoms with Gasteiger partial charge in [0, 0.05) is 37.6 Å². The van der Waals surface area contributed by atoms with Gasteiger partial charge in [-0.05, 0) is 32.2 Å². The van der Waals surface area contributed by atoms with Crippen molar-refractivity contribution in [1.82, 2.24) is 15.3 Å². The molecule has 2 rings (SSSR count). The summed E-state index contributed by atoms with van der Waals surface area (Å²) in [5.74, 6) is 1.78. The van der Waals surface area contributed by atoms with Crippen LogP contribution in [0.2, 0.25) is 0 Å². The molecule has 4 heteroatoms. The van der Waals surface area contributed by atoms with Gasteiger partial charge < -0.3 is 10.2 Å². The molecule has 1 aliphatic rings. The first kappa shape index (κ1) is 13.3. The number of nitrogens with one attached hydrogen (secondary N) is 1. The Morgan fingerprint density at radius 1 is 1.28 bits per heavy atom. The fourth-order valence-electron chi connectivity index (χ4n) is 2.58. The minimum absolute atomic E-state index is 0.832. The van der Waals surface area contributed by atoms with Crippen LogP contribution in [-0.4, -0.2) is 30.1 Å². The molecule has 0 saturated carbocycles. The van der Waals surface area contributed by atoms with Gasteiger partial charge in [-0.3, -0.25) is 0 Å². The number of aromatic nitrogens is 2. The summed E-state index contributed by atoms with van der Waals surface area (Å²) in [5.41, 5.74) is 1.14. The van der Waals surface area contributed by atoms with Crippen molar-refractivity contribution in [1.29, 1.82) is 0 Å². The van der Waals surface area contributed by atoms with Crippen molar-refractivity contribution < 1.29 is 0 Å². The lowest BCUT2D eigenvalue weighted by Crippen LogP contribution is -2.26. The molecule has 1 saturated heterocycles. The Labute approximate surface area is 110 Å². The topological polar surface area (TPSA) is 41.1 Å². The minimum Gasteiger partial charge on any atom is -0.341 e. The summed E-state index contributed by atoms with van der Waals surface area (Å²) >= 11 is 0. The molecular formula is C14H24N4. The van der Waals surface area contributed by atoms with Gasteiger partial charge in [-0.2, -0.15) is 0 Å². The van der Waals surface area contributed by atoms with E-state index in [0.29, 0.717) is 0 Å². The van der Waals surface area contributed by atoms with Crippen LogP contribution in [0.1, 0.15) is 38.2 Å². The zero-order chi connectivity index (χ0) is 12.8. The second-order valence-electron chi connectivity index (χ2n) is 5.11. The number of anilines is 1. The predicted molar refractivity (Wildman–Crippen MR) is 74.6 cm³/mol. The van der Waals surface area contributed by atoms with E-state index in [1.165, 1.54) is 25.7 Å². The molecule has 1 N–H and O–H groups in total. The van der Waals surface area contributed by atoms with Gasteiger partial charge >= 0.3 is 0 Å². The van der Waals surface area contributed by atoms with Crippen molar-refractivity contribution in [3.63, 3.8) is 0 Å². The summed E-state index contributed by atoms with van der Waals surface area (Å²) < 4.78 is 0. The monoisotopic (exact) mass is 248 g/mol. The molecule has 4 nitrogen and oxygen atoms in total. The molecule has 1 aromatic heterocycles. The third-order valence-corrected chi connectivity index (χ3v) is 3.78. The third-order valence-electron chi connectivity index (χ3n) is 3.78. The summed E-state index contributed by atoms with van der Waals surface area (Å²) in [5, 5.41) is 3.11. The van der Waals surface area contributed by atoms with Gasteiger partial charge in [0.05, 0.1) is 0 Å². The zero-order valence-corrected chi connectivity index (χ0v) is 11.5. The highest BCUT2D eigenvalue weighted by Gasteiger charge is 2.17. The largest absolute Gasteiger partial charge is 0.341 e. The van der Waals surface area contributed by atoms with E-state index in [-0.39, 0.29) is 0 Å². The van der Waals surface area contributed by atoms with Crippen LogP contribution in [0, 0.1) is 5.92 Å². The zero-order valence-electron chi connectivity index (χ0n) is 11.5. The highest BCUT2D eigenvalue weighted by Crippen LogP contribution is 2.22. The maximum absolute atomic E-state index is 4.49. The molecule has 1 atom stereocenters. The molecule has 1 aliphatic heterocycles. The summed E-state index contributed by atoms with van der Waals surface area (Å²) in [6, 6.07) is 0. The Morgan fingerprint density at radius 2 is 2.06 bits per heavy atom. The van der Waals surface area contributed by atoms with Gasteiger partial charge in [0.2, 0.25) is 5.95 Å². The maximum atomic E-state index is 4.49. The fraction of sp³-hybridized carbons (Fsp3) is 0.714. The number of nitrogens with zero attached hydrogens (tertiary/aromatic N) is 3. The number of hydrogen-bond donors (Lipinski definition) is 1. The molecule has 0 amide bonds. The number of rotatable bonds is 4. The van der Waals surface area contributed by atoms with E-state index >= 15 is 0 Å². The van der Waals surface area contributed by atoms with Crippen molar-refractivity contribution in [2.24, 2.45) is 5.92 Å². The van der Waals surface area contributed by atoms with Crippen molar-refractivity contribution in [3.8, 4) is 0 Å². The second kappa shape index (κ2) is 6.69. The molecule has 2 heterocycles. The van der Waals surface area contributed by atoms with Crippen LogP contribution < -0.4 is 10.2 Å². The summed E-state index contributed by atoms with van der Waals surface area (Å²) in [4.78, 5) is 11.3. The lowest BCUT2D eigenvalue weighted by atomic mass is 9.98. The molecule has 1 fully saturated rings. The molecule has 0 spiro atoms. The molecule has 1 aromatic rings. The van der Waals surface area contributed by atoms with E-state index in [2.05, 4.69) is 27.1 Å². The quantitative estimate of drug-likeness (QED) is 0.887. The molecule has 1 unspecified atom stereocenters. The van der Waals surface area contributed by atoms with E-state index < -0.39 is 0 Å². The average molecular weight is 248 g/mol. The smallest absolute Gasteiger partial charge is 0.225 e. The van der Waals surface area contributed by atoms with Crippen LogP contribution in [0.5, 0.6) is 0 Å². The average Bonchev–Trinajstić information content (AvgIpc) is 2.65. The van der Waals surface area contributed by atoms with E-state index in [1.807, 2.05) is 19.4 Å². The number of hydrogen-bond acceptors (Lipinski definition) is 4. The molecular weight excluding hydrogens is 224 g/mol. The van der Waals surface area contributed by atoms with Crippen LogP contribution in [0.3, 0.4) is 0 Å². The van der Waals surface area contributed by atoms with Crippen molar-refractivity contribution in [2.45, 2.75) is 39.2 Å². The van der Waals surface area contributed by atoms with Gasteiger partial charge in [-0.25, -0.2) is 9.97 Å². The molecule has 0 bridgehead atoms. The highest BCUT2D eigenvalue weighted by molar-refractivity contribution is 5.30. The SMILES string of the molecule is CCC1CCCN(c2ncc(CNC)cn2)CC1.